The Morgan fingerprint density at radius 2 is 1.96 bits per heavy atom. The van der Waals surface area contributed by atoms with Crippen LogP contribution in [-0.4, -0.2) is 50.8 Å². The van der Waals surface area contributed by atoms with E-state index >= 15 is 0 Å². The molecule has 4 rings (SSSR count). The number of hydrogen-bond acceptors (Lipinski definition) is 5. The predicted octanol–water partition coefficient (Wildman–Crippen LogP) is 2.56. The summed E-state index contributed by atoms with van der Waals surface area (Å²) in [7, 11) is 0. The number of nitro benzene ring substituents is 1. The molecule has 2 heterocycles. The van der Waals surface area contributed by atoms with Crippen molar-refractivity contribution in [1.29, 1.82) is 0 Å². The van der Waals surface area contributed by atoms with Crippen LogP contribution >= 0.6 is 0 Å². The lowest BCUT2D eigenvalue weighted by atomic mass is 9.90. The average molecular weight is 356 g/mol. The zero-order valence-electron chi connectivity index (χ0n) is 14.3. The third-order valence-corrected chi connectivity index (χ3v) is 5.13. The van der Waals surface area contributed by atoms with Gasteiger partial charge in [0, 0.05) is 24.9 Å². The van der Waals surface area contributed by atoms with Gasteiger partial charge in [-0.3, -0.25) is 14.9 Å². The fourth-order valence-electron chi connectivity index (χ4n) is 3.80. The minimum absolute atomic E-state index is 0.0221. The molecule has 1 aromatic carbocycles. The number of benzene rings is 1. The molecule has 0 radical (unpaired) electrons. The number of non-ortho nitro benzene ring substituents is 1. The van der Waals surface area contributed by atoms with E-state index in [4.69, 9.17) is 4.74 Å². The quantitative estimate of drug-likeness (QED) is 0.623. The molecule has 0 bridgehead atoms. The Morgan fingerprint density at radius 1 is 1.19 bits per heavy atom. The summed E-state index contributed by atoms with van der Waals surface area (Å²) in [6.07, 6.45) is 6.08. The summed E-state index contributed by atoms with van der Waals surface area (Å²) in [4.78, 5) is 25.2. The summed E-state index contributed by atoms with van der Waals surface area (Å²) in [5, 5.41) is 15.1. The molecule has 1 aliphatic heterocycles. The molecule has 2 aromatic rings. The van der Waals surface area contributed by atoms with Crippen LogP contribution in [0.15, 0.2) is 36.5 Å². The fraction of sp³-hybridized carbons (Fsp3) is 0.444. The highest BCUT2D eigenvalue weighted by molar-refractivity contribution is 5.92. The normalized spacial score (nSPS) is 22.7. The average Bonchev–Trinajstić information content (AvgIpc) is 3.17. The molecule has 136 valence electrons. The number of rotatable bonds is 3. The Morgan fingerprint density at radius 3 is 2.73 bits per heavy atom. The van der Waals surface area contributed by atoms with Crippen molar-refractivity contribution in [2.75, 3.05) is 13.2 Å². The molecule has 2 atom stereocenters. The van der Waals surface area contributed by atoms with Crippen molar-refractivity contribution in [3.05, 3.63) is 52.3 Å². The van der Waals surface area contributed by atoms with E-state index in [-0.39, 0.29) is 23.7 Å². The Hall–Kier alpha value is -2.74. The van der Waals surface area contributed by atoms with Crippen molar-refractivity contribution in [2.24, 2.45) is 0 Å². The van der Waals surface area contributed by atoms with E-state index in [9.17, 15) is 14.9 Å². The van der Waals surface area contributed by atoms with Crippen molar-refractivity contribution in [3.8, 4) is 5.69 Å². The van der Waals surface area contributed by atoms with Crippen molar-refractivity contribution in [1.82, 2.24) is 14.7 Å². The minimum Gasteiger partial charge on any atom is -0.374 e. The number of morpholine rings is 1. The van der Waals surface area contributed by atoms with Crippen LogP contribution in [0.2, 0.25) is 0 Å². The summed E-state index contributed by atoms with van der Waals surface area (Å²) < 4.78 is 7.39. The maximum atomic E-state index is 12.9. The highest BCUT2D eigenvalue weighted by atomic mass is 16.6. The van der Waals surface area contributed by atoms with Gasteiger partial charge in [-0.2, -0.15) is 5.10 Å². The van der Waals surface area contributed by atoms with Crippen molar-refractivity contribution < 1.29 is 14.5 Å². The SMILES string of the molecule is O=C(c1ccn(-c2ccc([N+](=O)[O-])cc2)n1)N1CCOC2CCCCC21. The van der Waals surface area contributed by atoms with E-state index < -0.39 is 4.92 Å². The molecule has 8 heteroatoms. The van der Waals surface area contributed by atoms with Gasteiger partial charge < -0.3 is 9.64 Å². The van der Waals surface area contributed by atoms with Crippen molar-refractivity contribution in [2.45, 2.75) is 37.8 Å². The highest BCUT2D eigenvalue weighted by Crippen LogP contribution is 2.29. The molecule has 2 aliphatic rings. The first-order valence-electron chi connectivity index (χ1n) is 8.86. The summed E-state index contributed by atoms with van der Waals surface area (Å²) in [6.45, 7) is 1.15. The number of fused-ring (bicyclic) bond motifs is 1. The first-order chi connectivity index (χ1) is 12.6. The number of nitro groups is 1. The van der Waals surface area contributed by atoms with Crippen LogP contribution in [0.25, 0.3) is 5.69 Å². The first kappa shape index (κ1) is 16.7. The van der Waals surface area contributed by atoms with Gasteiger partial charge in [-0.25, -0.2) is 4.68 Å². The van der Waals surface area contributed by atoms with E-state index in [0.29, 0.717) is 24.5 Å². The van der Waals surface area contributed by atoms with Gasteiger partial charge in [-0.15, -0.1) is 0 Å². The number of carbonyl (C=O) groups is 1. The lowest BCUT2D eigenvalue weighted by Crippen LogP contribution is -2.54. The maximum absolute atomic E-state index is 12.9. The number of nitrogens with zero attached hydrogens (tertiary/aromatic N) is 4. The molecule has 26 heavy (non-hydrogen) atoms. The molecule has 2 fully saturated rings. The highest BCUT2D eigenvalue weighted by Gasteiger charge is 2.37. The zero-order chi connectivity index (χ0) is 18.1. The topological polar surface area (TPSA) is 90.5 Å². The molecular formula is C18H20N4O4. The van der Waals surface area contributed by atoms with Gasteiger partial charge in [0.15, 0.2) is 5.69 Å². The number of carbonyl (C=O) groups excluding carboxylic acids is 1. The van der Waals surface area contributed by atoms with Gasteiger partial charge in [-0.1, -0.05) is 12.8 Å². The van der Waals surface area contributed by atoms with Crippen LogP contribution in [0, 0.1) is 10.1 Å². The van der Waals surface area contributed by atoms with Crippen molar-refractivity contribution >= 4 is 11.6 Å². The van der Waals surface area contributed by atoms with E-state index in [1.54, 1.807) is 29.1 Å². The van der Waals surface area contributed by atoms with E-state index in [1.807, 2.05) is 4.90 Å². The van der Waals surface area contributed by atoms with Crippen LogP contribution in [0.1, 0.15) is 36.2 Å². The van der Waals surface area contributed by atoms with Gasteiger partial charge >= 0.3 is 0 Å². The van der Waals surface area contributed by atoms with Crippen LogP contribution in [-0.2, 0) is 4.74 Å². The van der Waals surface area contributed by atoms with Crippen LogP contribution < -0.4 is 0 Å². The predicted molar refractivity (Wildman–Crippen MR) is 93.3 cm³/mol. The number of aromatic nitrogens is 2. The first-order valence-corrected chi connectivity index (χ1v) is 8.86. The molecule has 0 N–H and O–H groups in total. The molecule has 2 unspecified atom stereocenters. The molecule has 1 saturated heterocycles. The summed E-state index contributed by atoms with van der Waals surface area (Å²) in [5.74, 6) is -0.0779. The molecular weight excluding hydrogens is 336 g/mol. The van der Waals surface area contributed by atoms with Crippen molar-refractivity contribution in [3.63, 3.8) is 0 Å². The van der Waals surface area contributed by atoms with Crippen LogP contribution in [0.4, 0.5) is 5.69 Å². The van der Waals surface area contributed by atoms with E-state index in [2.05, 4.69) is 5.10 Å². The summed E-state index contributed by atoms with van der Waals surface area (Å²) in [6, 6.07) is 7.91. The molecule has 1 saturated carbocycles. The largest absolute Gasteiger partial charge is 0.374 e. The fourth-order valence-corrected chi connectivity index (χ4v) is 3.80. The zero-order valence-corrected chi connectivity index (χ0v) is 14.3. The summed E-state index contributed by atoms with van der Waals surface area (Å²) in [5.41, 5.74) is 1.08. The third-order valence-electron chi connectivity index (χ3n) is 5.13. The monoisotopic (exact) mass is 356 g/mol. The Kier molecular flexibility index (Phi) is 4.42. The number of amides is 1. The van der Waals surface area contributed by atoms with E-state index in [1.165, 1.54) is 12.1 Å². The van der Waals surface area contributed by atoms with Crippen LogP contribution in [0.5, 0.6) is 0 Å². The van der Waals surface area contributed by atoms with Gasteiger partial charge in [0.2, 0.25) is 0 Å². The number of hydrogen-bond donors (Lipinski definition) is 0. The van der Waals surface area contributed by atoms with Gasteiger partial charge in [0.1, 0.15) is 0 Å². The molecule has 1 aliphatic carbocycles. The Balaban J connectivity index is 1.53. The summed E-state index contributed by atoms with van der Waals surface area (Å²) >= 11 is 0. The van der Waals surface area contributed by atoms with Gasteiger partial charge in [0.25, 0.3) is 11.6 Å². The number of ether oxygens (including phenoxy) is 1. The second-order valence-corrected chi connectivity index (χ2v) is 6.68. The lowest BCUT2D eigenvalue weighted by Gasteiger charge is -2.43. The molecule has 1 amide bonds. The Labute approximate surface area is 150 Å². The molecule has 0 spiro atoms. The maximum Gasteiger partial charge on any atom is 0.274 e. The second-order valence-electron chi connectivity index (χ2n) is 6.68. The smallest absolute Gasteiger partial charge is 0.274 e. The van der Waals surface area contributed by atoms with Gasteiger partial charge in [0.05, 0.1) is 29.4 Å². The lowest BCUT2D eigenvalue weighted by molar-refractivity contribution is -0.384. The second kappa shape index (κ2) is 6.87. The molecule has 8 nitrogen and oxygen atoms in total. The van der Waals surface area contributed by atoms with Crippen LogP contribution in [0.3, 0.4) is 0 Å². The molecule has 1 aromatic heterocycles. The minimum atomic E-state index is -0.444. The third kappa shape index (κ3) is 3.08. The van der Waals surface area contributed by atoms with Gasteiger partial charge in [-0.05, 0) is 31.0 Å². The Bertz CT molecular complexity index is 815. The van der Waals surface area contributed by atoms with E-state index in [0.717, 1.165) is 25.7 Å². The standard InChI is InChI=1S/C18H20N4O4/c23-18(20-11-12-26-17-4-2-1-3-16(17)20)15-9-10-21(19-15)13-5-7-14(8-6-13)22(24)25/h5-10,16-17H,1-4,11-12H2.